The van der Waals surface area contributed by atoms with E-state index in [1.807, 2.05) is 54.3 Å². The van der Waals surface area contributed by atoms with E-state index in [0.29, 0.717) is 30.0 Å². The van der Waals surface area contributed by atoms with E-state index in [2.05, 4.69) is 5.32 Å². The first-order chi connectivity index (χ1) is 15.9. The molecule has 5 rings (SSSR count). The summed E-state index contributed by atoms with van der Waals surface area (Å²) in [6, 6.07) is 12.8. The van der Waals surface area contributed by atoms with Gasteiger partial charge in [-0.1, -0.05) is 18.2 Å². The molecule has 2 aliphatic heterocycles. The van der Waals surface area contributed by atoms with Crippen LogP contribution in [0.5, 0.6) is 0 Å². The number of piperazine rings is 1. The molecule has 1 atom stereocenters. The predicted molar refractivity (Wildman–Crippen MR) is 126 cm³/mol. The van der Waals surface area contributed by atoms with Crippen molar-refractivity contribution in [1.29, 1.82) is 0 Å². The molecule has 0 spiro atoms. The highest BCUT2D eigenvalue weighted by atomic mass is 16.4. The molecule has 8 heteroatoms. The highest BCUT2D eigenvalue weighted by molar-refractivity contribution is 6.05. The van der Waals surface area contributed by atoms with Crippen LogP contribution in [0.15, 0.2) is 42.5 Å². The molecule has 0 bridgehead atoms. The fourth-order valence-corrected chi connectivity index (χ4v) is 4.70. The molecule has 3 aliphatic rings. The number of hydrogen-bond acceptors (Lipinski definition) is 4. The summed E-state index contributed by atoms with van der Waals surface area (Å²) in [6.45, 7) is 5.13. The van der Waals surface area contributed by atoms with Crippen molar-refractivity contribution in [3.63, 3.8) is 0 Å². The van der Waals surface area contributed by atoms with Crippen LogP contribution in [0.25, 0.3) is 11.1 Å². The minimum atomic E-state index is -1.03. The molecule has 1 aliphatic carbocycles. The summed E-state index contributed by atoms with van der Waals surface area (Å²) >= 11 is 0. The lowest BCUT2D eigenvalue weighted by Gasteiger charge is -2.40. The third kappa shape index (κ3) is 4.06. The lowest BCUT2D eigenvalue weighted by atomic mass is 9.99. The zero-order valence-electron chi connectivity index (χ0n) is 18.7. The van der Waals surface area contributed by atoms with Crippen molar-refractivity contribution in [2.45, 2.75) is 25.8 Å². The van der Waals surface area contributed by atoms with Gasteiger partial charge in [-0.2, -0.15) is 0 Å². The number of carbonyl (C=O) groups excluding carboxylic acids is 2. The summed E-state index contributed by atoms with van der Waals surface area (Å²) in [4.78, 5) is 42.6. The fraction of sp³-hybridized carbons (Fsp3) is 0.400. The van der Waals surface area contributed by atoms with Gasteiger partial charge in [-0.05, 0) is 55.2 Å². The smallest absolute Gasteiger partial charge is 0.411 e. The second kappa shape index (κ2) is 8.51. The first-order valence-corrected chi connectivity index (χ1v) is 11.5. The van der Waals surface area contributed by atoms with Crippen LogP contribution in [-0.4, -0.2) is 66.7 Å². The Bertz CT molecular complexity index is 1090. The van der Waals surface area contributed by atoms with Crippen molar-refractivity contribution in [3.05, 3.63) is 48.0 Å². The minimum Gasteiger partial charge on any atom is -0.465 e. The van der Waals surface area contributed by atoms with Gasteiger partial charge in [0.05, 0.1) is 17.4 Å². The van der Waals surface area contributed by atoms with E-state index < -0.39 is 6.09 Å². The maximum atomic E-state index is 12.9. The zero-order valence-corrected chi connectivity index (χ0v) is 18.7. The Morgan fingerprint density at radius 1 is 0.939 bits per heavy atom. The maximum absolute atomic E-state index is 12.9. The third-order valence-electron chi connectivity index (χ3n) is 6.68. The molecular formula is C25H28N4O4. The van der Waals surface area contributed by atoms with Crippen LogP contribution in [-0.2, 0) is 4.79 Å². The van der Waals surface area contributed by atoms with Crippen LogP contribution < -0.4 is 15.1 Å². The molecule has 1 saturated heterocycles. The Balaban J connectivity index is 1.45. The van der Waals surface area contributed by atoms with Crippen LogP contribution in [0, 0.1) is 5.92 Å². The van der Waals surface area contributed by atoms with E-state index in [9.17, 15) is 19.5 Å². The highest BCUT2D eigenvalue weighted by Gasteiger charge is 2.41. The topological polar surface area (TPSA) is 93.2 Å². The molecule has 2 heterocycles. The van der Waals surface area contributed by atoms with Gasteiger partial charge in [0.2, 0.25) is 5.91 Å². The first-order valence-electron chi connectivity index (χ1n) is 11.5. The molecule has 0 unspecified atom stereocenters. The van der Waals surface area contributed by atoms with E-state index >= 15 is 0 Å². The molecule has 33 heavy (non-hydrogen) atoms. The van der Waals surface area contributed by atoms with Gasteiger partial charge < -0.3 is 20.2 Å². The predicted octanol–water partition coefficient (Wildman–Crippen LogP) is 3.03. The number of carbonyl (C=O) groups is 3. The monoisotopic (exact) mass is 448 g/mol. The van der Waals surface area contributed by atoms with E-state index in [0.717, 1.165) is 37.1 Å². The van der Waals surface area contributed by atoms with Crippen molar-refractivity contribution in [3.8, 4) is 11.1 Å². The molecule has 3 amide bonds. The summed E-state index contributed by atoms with van der Waals surface area (Å²) in [5, 5.41) is 13.1. The molecule has 2 aromatic carbocycles. The summed E-state index contributed by atoms with van der Waals surface area (Å²) in [5.74, 6) is 0.156. The number of rotatable bonds is 3. The van der Waals surface area contributed by atoms with Crippen LogP contribution in [0.3, 0.4) is 0 Å². The summed E-state index contributed by atoms with van der Waals surface area (Å²) in [6.07, 6.45) is 0.768. The molecule has 1 saturated carbocycles. The number of amides is 3. The number of hydrogen-bond donors (Lipinski definition) is 2. The summed E-state index contributed by atoms with van der Waals surface area (Å²) in [5.41, 5.74) is 3.53. The first kappa shape index (κ1) is 21.5. The van der Waals surface area contributed by atoms with Crippen LogP contribution in [0.2, 0.25) is 0 Å². The van der Waals surface area contributed by atoms with Crippen molar-refractivity contribution in [2.24, 2.45) is 5.92 Å². The molecule has 172 valence electrons. The fourth-order valence-electron chi connectivity index (χ4n) is 4.70. The van der Waals surface area contributed by atoms with E-state index in [1.54, 1.807) is 4.90 Å². The average Bonchev–Trinajstić information content (AvgIpc) is 3.69. The number of carboxylic acid groups (broad SMARTS) is 1. The summed E-state index contributed by atoms with van der Waals surface area (Å²) < 4.78 is 0. The Morgan fingerprint density at radius 2 is 1.61 bits per heavy atom. The van der Waals surface area contributed by atoms with Gasteiger partial charge in [-0.15, -0.1) is 0 Å². The Hall–Kier alpha value is -3.39. The van der Waals surface area contributed by atoms with Crippen molar-refractivity contribution >= 4 is 29.3 Å². The number of benzene rings is 2. The second-order valence-corrected chi connectivity index (χ2v) is 9.05. The van der Waals surface area contributed by atoms with Crippen LogP contribution in [0.1, 0.15) is 30.1 Å². The van der Waals surface area contributed by atoms with Crippen molar-refractivity contribution in [1.82, 2.24) is 10.2 Å². The van der Waals surface area contributed by atoms with Gasteiger partial charge in [0, 0.05) is 44.2 Å². The van der Waals surface area contributed by atoms with Gasteiger partial charge in [-0.25, -0.2) is 4.79 Å². The lowest BCUT2D eigenvalue weighted by molar-refractivity contribution is -0.120. The Kier molecular flexibility index (Phi) is 5.54. The normalized spacial score (nSPS) is 20.4. The number of nitrogens with one attached hydrogen (secondary N) is 1. The van der Waals surface area contributed by atoms with E-state index in [-0.39, 0.29) is 30.3 Å². The van der Waals surface area contributed by atoms with Gasteiger partial charge in [0.25, 0.3) is 5.91 Å². The molecule has 2 fully saturated rings. The Labute approximate surface area is 192 Å². The maximum Gasteiger partial charge on any atom is 0.411 e. The highest BCUT2D eigenvalue weighted by Crippen LogP contribution is 2.42. The van der Waals surface area contributed by atoms with Crippen molar-refractivity contribution < 1.29 is 19.5 Å². The standard InChI is InChI=1S/C25H28N4O4/c1-16-15-28(25(32)33)22-14-20(8-9-21(22)29(16)24(31)19-6-7-19)17-2-4-18(5-3-17)23(30)27-12-10-26-11-13-27/h2-5,8-9,14,16,19,26H,6-7,10-13,15H2,1H3,(H,32,33)/t16-/m0/s1. The van der Waals surface area contributed by atoms with Gasteiger partial charge >= 0.3 is 6.09 Å². The number of anilines is 2. The van der Waals surface area contributed by atoms with Crippen molar-refractivity contribution in [2.75, 3.05) is 42.5 Å². The van der Waals surface area contributed by atoms with Crippen LogP contribution in [0.4, 0.5) is 16.2 Å². The van der Waals surface area contributed by atoms with E-state index in [4.69, 9.17) is 0 Å². The number of nitrogens with zero attached hydrogens (tertiary/aromatic N) is 3. The van der Waals surface area contributed by atoms with Crippen LogP contribution >= 0.6 is 0 Å². The molecule has 2 N–H and O–H groups in total. The minimum absolute atomic E-state index is 0.0220. The second-order valence-electron chi connectivity index (χ2n) is 9.05. The summed E-state index contributed by atoms with van der Waals surface area (Å²) in [7, 11) is 0. The Morgan fingerprint density at radius 3 is 2.24 bits per heavy atom. The SMILES string of the molecule is C[C@H]1CN(C(=O)O)c2cc(-c3ccc(C(=O)N4CCNCC4)cc3)ccc2N1C(=O)C1CC1. The third-order valence-corrected chi connectivity index (χ3v) is 6.68. The van der Waals surface area contributed by atoms with Gasteiger partial charge in [0.15, 0.2) is 0 Å². The molecule has 0 radical (unpaired) electrons. The van der Waals surface area contributed by atoms with Gasteiger partial charge in [-0.3, -0.25) is 14.5 Å². The lowest BCUT2D eigenvalue weighted by Crippen LogP contribution is -2.52. The molecule has 8 nitrogen and oxygen atoms in total. The van der Waals surface area contributed by atoms with E-state index in [1.165, 1.54) is 4.90 Å². The zero-order chi connectivity index (χ0) is 23.1. The molecule has 0 aromatic heterocycles. The molecule has 2 aromatic rings. The number of fused-ring (bicyclic) bond motifs is 1. The molecular weight excluding hydrogens is 420 g/mol. The quantitative estimate of drug-likeness (QED) is 0.753. The average molecular weight is 449 g/mol. The largest absolute Gasteiger partial charge is 0.465 e. The van der Waals surface area contributed by atoms with Gasteiger partial charge in [0.1, 0.15) is 0 Å².